The van der Waals surface area contributed by atoms with Gasteiger partial charge in [-0.3, -0.25) is 14.5 Å². The topological polar surface area (TPSA) is 58.6 Å². The molecule has 3 rings (SSSR count). The van der Waals surface area contributed by atoms with Gasteiger partial charge in [-0.2, -0.15) is 0 Å². The second kappa shape index (κ2) is 8.52. The molecule has 0 aromatic heterocycles. The van der Waals surface area contributed by atoms with Crippen LogP contribution in [0.2, 0.25) is 0 Å². The summed E-state index contributed by atoms with van der Waals surface area (Å²) in [5.74, 6) is 0.418. The van der Waals surface area contributed by atoms with E-state index in [1.54, 1.807) is 0 Å². The van der Waals surface area contributed by atoms with Crippen LogP contribution in [-0.4, -0.2) is 29.9 Å². The quantitative estimate of drug-likeness (QED) is 0.702. The number of hydrogen-bond donors (Lipinski definition) is 1. The lowest BCUT2D eigenvalue weighted by Crippen LogP contribution is -2.35. The van der Waals surface area contributed by atoms with Crippen LogP contribution in [0.3, 0.4) is 0 Å². The van der Waals surface area contributed by atoms with Crippen LogP contribution in [0.1, 0.15) is 37.5 Å². The molecule has 0 radical (unpaired) electrons. The van der Waals surface area contributed by atoms with E-state index in [1.165, 1.54) is 4.90 Å². The van der Waals surface area contributed by atoms with E-state index >= 15 is 0 Å². The molecule has 2 aromatic rings. The zero-order valence-corrected chi connectivity index (χ0v) is 17.7. The standard InChI is InChI=1S/C24H28N2O3/c1-6-29-19-10-8-18(9-11-19)25-22-21(20-12-7-16(4)13-17(20)5)23(27)26(24(22)28)14-15(2)3/h7-13,15,25H,6,14H2,1-5H3. The van der Waals surface area contributed by atoms with Crippen molar-refractivity contribution < 1.29 is 14.3 Å². The van der Waals surface area contributed by atoms with Crippen LogP contribution in [0, 0.1) is 19.8 Å². The first-order valence-electron chi connectivity index (χ1n) is 9.99. The van der Waals surface area contributed by atoms with Crippen LogP contribution in [0.15, 0.2) is 48.2 Å². The highest BCUT2D eigenvalue weighted by molar-refractivity contribution is 6.36. The second-order valence-corrected chi connectivity index (χ2v) is 7.77. The first kappa shape index (κ1) is 20.6. The zero-order chi connectivity index (χ0) is 21.1. The highest BCUT2D eigenvalue weighted by Crippen LogP contribution is 2.33. The van der Waals surface area contributed by atoms with E-state index in [1.807, 2.05) is 77.1 Å². The average molecular weight is 392 g/mol. The van der Waals surface area contributed by atoms with Crippen molar-refractivity contribution in [3.8, 4) is 5.75 Å². The molecule has 0 aliphatic carbocycles. The van der Waals surface area contributed by atoms with Gasteiger partial charge in [0.15, 0.2) is 0 Å². The van der Waals surface area contributed by atoms with Crippen molar-refractivity contribution in [2.45, 2.75) is 34.6 Å². The van der Waals surface area contributed by atoms with Crippen LogP contribution < -0.4 is 10.1 Å². The number of carbonyl (C=O) groups excluding carboxylic acids is 2. The molecule has 2 aromatic carbocycles. The number of ether oxygens (including phenoxy) is 1. The van der Waals surface area contributed by atoms with Gasteiger partial charge in [0.25, 0.3) is 11.8 Å². The molecule has 1 aliphatic heterocycles. The largest absolute Gasteiger partial charge is 0.494 e. The van der Waals surface area contributed by atoms with Crippen molar-refractivity contribution in [1.29, 1.82) is 0 Å². The van der Waals surface area contributed by atoms with Crippen LogP contribution in [-0.2, 0) is 9.59 Å². The van der Waals surface area contributed by atoms with Gasteiger partial charge in [-0.25, -0.2) is 0 Å². The first-order chi connectivity index (χ1) is 13.8. The highest BCUT2D eigenvalue weighted by atomic mass is 16.5. The summed E-state index contributed by atoms with van der Waals surface area (Å²) in [5.41, 5.74) is 4.36. The number of imide groups is 1. The molecule has 1 aliphatic rings. The van der Waals surface area contributed by atoms with Crippen molar-refractivity contribution in [3.63, 3.8) is 0 Å². The van der Waals surface area contributed by atoms with E-state index in [0.717, 1.165) is 28.1 Å². The summed E-state index contributed by atoms with van der Waals surface area (Å²) in [4.78, 5) is 27.7. The summed E-state index contributed by atoms with van der Waals surface area (Å²) in [6.07, 6.45) is 0. The maximum absolute atomic E-state index is 13.2. The van der Waals surface area contributed by atoms with Gasteiger partial charge in [0.05, 0.1) is 12.2 Å². The van der Waals surface area contributed by atoms with Gasteiger partial charge >= 0.3 is 0 Å². The lowest BCUT2D eigenvalue weighted by molar-refractivity contribution is -0.137. The fraction of sp³-hybridized carbons (Fsp3) is 0.333. The summed E-state index contributed by atoms with van der Waals surface area (Å²) in [6.45, 7) is 10.9. The number of carbonyl (C=O) groups is 2. The summed E-state index contributed by atoms with van der Waals surface area (Å²) >= 11 is 0. The van der Waals surface area contributed by atoms with E-state index in [0.29, 0.717) is 24.4 Å². The molecule has 2 amide bonds. The summed E-state index contributed by atoms with van der Waals surface area (Å²) in [5, 5.41) is 3.20. The predicted molar refractivity (Wildman–Crippen MR) is 116 cm³/mol. The van der Waals surface area contributed by atoms with Crippen molar-refractivity contribution in [2.75, 3.05) is 18.5 Å². The lowest BCUT2D eigenvalue weighted by atomic mass is 9.97. The van der Waals surface area contributed by atoms with Crippen LogP contribution in [0.25, 0.3) is 5.57 Å². The monoisotopic (exact) mass is 392 g/mol. The van der Waals surface area contributed by atoms with Crippen LogP contribution >= 0.6 is 0 Å². The number of rotatable bonds is 7. The summed E-state index contributed by atoms with van der Waals surface area (Å²) < 4.78 is 5.48. The normalized spacial score (nSPS) is 14.2. The van der Waals surface area contributed by atoms with E-state index < -0.39 is 0 Å². The first-order valence-corrected chi connectivity index (χ1v) is 9.99. The third-order valence-corrected chi connectivity index (χ3v) is 4.80. The molecule has 5 heteroatoms. The Labute approximate surface area is 172 Å². The molecule has 0 atom stereocenters. The molecule has 5 nitrogen and oxygen atoms in total. The Morgan fingerprint density at radius 3 is 2.28 bits per heavy atom. The molecule has 0 bridgehead atoms. The summed E-state index contributed by atoms with van der Waals surface area (Å²) in [7, 11) is 0. The Morgan fingerprint density at radius 2 is 1.69 bits per heavy atom. The molecule has 0 spiro atoms. The Hall–Kier alpha value is -3.08. The van der Waals surface area contributed by atoms with Crippen molar-refractivity contribution in [1.82, 2.24) is 4.90 Å². The molecule has 0 fully saturated rings. The molecule has 0 unspecified atom stereocenters. The smallest absolute Gasteiger partial charge is 0.278 e. The Morgan fingerprint density at radius 1 is 1.00 bits per heavy atom. The summed E-state index contributed by atoms with van der Waals surface area (Å²) in [6, 6.07) is 13.3. The van der Waals surface area contributed by atoms with Gasteiger partial charge in [0.1, 0.15) is 11.4 Å². The van der Waals surface area contributed by atoms with Gasteiger partial charge in [0, 0.05) is 12.2 Å². The minimum Gasteiger partial charge on any atom is -0.494 e. The highest BCUT2D eigenvalue weighted by Gasteiger charge is 2.39. The Kier molecular flexibility index (Phi) is 6.06. The predicted octanol–water partition coefficient (Wildman–Crippen LogP) is 4.55. The molecule has 152 valence electrons. The van der Waals surface area contributed by atoms with E-state index in [-0.39, 0.29) is 17.7 Å². The van der Waals surface area contributed by atoms with Crippen LogP contribution in [0.4, 0.5) is 5.69 Å². The zero-order valence-electron chi connectivity index (χ0n) is 17.7. The molecular formula is C24H28N2O3. The number of nitrogens with one attached hydrogen (secondary N) is 1. The second-order valence-electron chi connectivity index (χ2n) is 7.77. The Bertz CT molecular complexity index is 959. The molecule has 29 heavy (non-hydrogen) atoms. The minimum absolute atomic E-state index is 0.188. The molecular weight excluding hydrogens is 364 g/mol. The fourth-order valence-corrected chi connectivity index (χ4v) is 3.51. The average Bonchev–Trinajstić information content (AvgIpc) is 2.88. The van der Waals surface area contributed by atoms with Crippen molar-refractivity contribution in [2.24, 2.45) is 5.92 Å². The number of benzene rings is 2. The number of nitrogens with zero attached hydrogens (tertiary/aromatic N) is 1. The van der Waals surface area contributed by atoms with E-state index in [9.17, 15) is 9.59 Å². The molecule has 0 saturated heterocycles. The van der Waals surface area contributed by atoms with Gasteiger partial charge in [0.2, 0.25) is 0 Å². The van der Waals surface area contributed by atoms with Crippen LogP contribution in [0.5, 0.6) is 5.75 Å². The molecule has 1 heterocycles. The third-order valence-electron chi connectivity index (χ3n) is 4.80. The van der Waals surface area contributed by atoms with Gasteiger partial charge in [-0.1, -0.05) is 37.6 Å². The maximum atomic E-state index is 13.2. The number of hydrogen-bond acceptors (Lipinski definition) is 4. The fourth-order valence-electron chi connectivity index (χ4n) is 3.51. The maximum Gasteiger partial charge on any atom is 0.278 e. The number of aryl methyl sites for hydroxylation is 2. The van der Waals surface area contributed by atoms with Gasteiger partial charge in [-0.05, 0) is 62.1 Å². The Balaban J connectivity index is 2.04. The SMILES string of the molecule is CCOc1ccc(NC2=C(c3ccc(C)cc3C)C(=O)N(CC(C)C)C2=O)cc1. The van der Waals surface area contributed by atoms with Gasteiger partial charge < -0.3 is 10.1 Å². The molecule has 1 N–H and O–H groups in total. The minimum atomic E-state index is -0.285. The van der Waals surface area contributed by atoms with Crippen molar-refractivity contribution in [3.05, 3.63) is 64.9 Å². The molecule has 0 saturated carbocycles. The number of amides is 2. The van der Waals surface area contributed by atoms with Gasteiger partial charge in [-0.15, -0.1) is 0 Å². The number of anilines is 1. The third kappa shape index (κ3) is 4.34. The van der Waals surface area contributed by atoms with E-state index in [2.05, 4.69) is 5.32 Å². The van der Waals surface area contributed by atoms with E-state index in [4.69, 9.17) is 4.74 Å². The lowest BCUT2D eigenvalue weighted by Gasteiger charge is -2.17. The van der Waals surface area contributed by atoms with Crippen molar-refractivity contribution >= 4 is 23.1 Å².